The van der Waals surface area contributed by atoms with Gasteiger partial charge in [0, 0.05) is 18.9 Å². The van der Waals surface area contributed by atoms with Crippen molar-refractivity contribution in [3.63, 3.8) is 0 Å². The van der Waals surface area contributed by atoms with Crippen LogP contribution in [-0.4, -0.2) is 19.3 Å². The number of nitrogens with one attached hydrogen (secondary N) is 1. The summed E-state index contributed by atoms with van der Waals surface area (Å²) in [6.07, 6.45) is -2.92. The van der Waals surface area contributed by atoms with Crippen LogP contribution in [0.4, 0.5) is 13.2 Å². The predicted molar refractivity (Wildman–Crippen MR) is 79.4 cm³/mol. The van der Waals surface area contributed by atoms with E-state index in [-0.39, 0.29) is 11.8 Å². The van der Waals surface area contributed by atoms with E-state index in [9.17, 15) is 13.2 Å². The molecule has 1 aliphatic heterocycles. The molecule has 2 rings (SSSR count). The van der Waals surface area contributed by atoms with E-state index in [1.54, 1.807) is 0 Å². The Labute approximate surface area is 124 Å². The fourth-order valence-corrected chi connectivity index (χ4v) is 3.35. The van der Waals surface area contributed by atoms with Crippen LogP contribution in [0.3, 0.4) is 0 Å². The molecule has 1 nitrogen and oxygen atoms in total. The van der Waals surface area contributed by atoms with Gasteiger partial charge in [-0.3, -0.25) is 0 Å². The Morgan fingerprint density at radius 1 is 1.24 bits per heavy atom. The first-order valence-corrected chi connectivity index (χ1v) is 7.64. The Hall–Kier alpha value is -1.03. The molecule has 0 spiro atoms. The number of rotatable bonds is 4. The van der Waals surface area contributed by atoms with Gasteiger partial charge in [0.25, 0.3) is 0 Å². The van der Waals surface area contributed by atoms with Gasteiger partial charge < -0.3 is 5.32 Å². The summed E-state index contributed by atoms with van der Waals surface area (Å²) in [7, 11) is 0. The second-order valence-corrected chi connectivity index (χ2v) is 6.54. The van der Waals surface area contributed by atoms with Gasteiger partial charge in [-0.25, -0.2) is 0 Å². The lowest BCUT2D eigenvalue weighted by molar-refractivity contribution is -0.137. The van der Waals surface area contributed by atoms with Gasteiger partial charge >= 0.3 is 6.18 Å². The number of piperidine rings is 1. The molecule has 0 aliphatic carbocycles. The van der Waals surface area contributed by atoms with Gasteiger partial charge in [-0.1, -0.05) is 36.8 Å². The molecule has 1 fully saturated rings. The van der Waals surface area contributed by atoms with Gasteiger partial charge in [-0.2, -0.15) is 13.2 Å². The number of hydrogen-bond acceptors (Lipinski definition) is 1. The molecular weight excluding hydrogens is 275 g/mol. The summed E-state index contributed by atoms with van der Waals surface area (Å²) in [6.45, 7) is 5.94. The van der Waals surface area contributed by atoms with Crippen LogP contribution in [0.15, 0.2) is 24.3 Å². The maximum absolute atomic E-state index is 12.4. The largest absolute Gasteiger partial charge is 0.389 e. The van der Waals surface area contributed by atoms with Gasteiger partial charge in [0.15, 0.2) is 0 Å². The quantitative estimate of drug-likeness (QED) is 0.841. The first-order valence-electron chi connectivity index (χ1n) is 7.64. The van der Waals surface area contributed by atoms with E-state index < -0.39 is 12.6 Å². The van der Waals surface area contributed by atoms with Crippen LogP contribution in [0.1, 0.15) is 49.7 Å². The van der Waals surface area contributed by atoms with Crippen LogP contribution in [0, 0.1) is 12.3 Å². The van der Waals surface area contributed by atoms with Crippen molar-refractivity contribution in [1.29, 1.82) is 0 Å². The fraction of sp³-hybridized carbons (Fsp3) is 0.647. The zero-order valence-electron chi connectivity index (χ0n) is 12.8. The molecule has 1 heterocycles. The smallest absolute Gasteiger partial charge is 0.316 e. The van der Waals surface area contributed by atoms with E-state index in [1.807, 2.05) is 6.92 Å². The van der Waals surface area contributed by atoms with Gasteiger partial charge in [-0.15, -0.1) is 0 Å². The third-order valence-corrected chi connectivity index (χ3v) is 4.75. The zero-order chi connectivity index (χ0) is 15.5. The number of halogens is 3. The minimum absolute atomic E-state index is 0.0498. The summed E-state index contributed by atoms with van der Waals surface area (Å²) in [5, 5.41) is 3.39. The summed E-state index contributed by atoms with van der Waals surface area (Å²) in [6, 6.07) is 8.41. The molecule has 21 heavy (non-hydrogen) atoms. The SMILES string of the molecule is Cc1ccc(C2CNCCC2(C)CCCC(F)(F)F)cc1. The van der Waals surface area contributed by atoms with Gasteiger partial charge in [0.1, 0.15) is 0 Å². The molecule has 118 valence electrons. The maximum Gasteiger partial charge on any atom is 0.389 e. The summed E-state index contributed by atoms with van der Waals surface area (Å²) >= 11 is 0. The normalized spacial score (nSPS) is 26.8. The average molecular weight is 299 g/mol. The van der Waals surface area contributed by atoms with Crippen LogP contribution in [0.25, 0.3) is 0 Å². The van der Waals surface area contributed by atoms with Crippen LogP contribution in [0.5, 0.6) is 0 Å². The Bertz CT molecular complexity index is 452. The summed E-state index contributed by atoms with van der Waals surface area (Å²) in [5.41, 5.74) is 2.40. The van der Waals surface area contributed by atoms with Crippen molar-refractivity contribution in [2.75, 3.05) is 13.1 Å². The minimum atomic E-state index is -4.04. The molecule has 0 aromatic heterocycles. The van der Waals surface area contributed by atoms with Crippen molar-refractivity contribution < 1.29 is 13.2 Å². The molecule has 1 aromatic rings. The molecule has 2 atom stereocenters. The topological polar surface area (TPSA) is 12.0 Å². The molecule has 0 bridgehead atoms. The average Bonchev–Trinajstić information content (AvgIpc) is 2.39. The maximum atomic E-state index is 12.4. The Balaban J connectivity index is 2.08. The molecule has 0 radical (unpaired) electrons. The molecule has 1 aliphatic rings. The van der Waals surface area contributed by atoms with Crippen LogP contribution >= 0.6 is 0 Å². The highest BCUT2D eigenvalue weighted by atomic mass is 19.4. The Kier molecular flexibility index (Phi) is 4.97. The molecule has 1 N–H and O–H groups in total. The van der Waals surface area contributed by atoms with Gasteiger partial charge in [0.05, 0.1) is 0 Å². The minimum Gasteiger partial charge on any atom is -0.316 e. The Morgan fingerprint density at radius 3 is 2.52 bits per heavy atom. The second-order valence-electron chi connectivity index (χ2n) is 6.54. The van der Waals surface area contributed by atoms with E-state index in [0.29, 0.717) is 12.3 Å². The number of aryl methyl sites for hydroxylation is 1. The van der Waals surface area contributed by atoms with E-state index in [4.69, 9.17) is 0 Å². The zero-order valence-corrected chi connectivity index (χ0v) is 12.8. The van der Waals surface area contributed by atoms with Crippen molar-refractivity contribution in [2.24, 2.45) is 5.41 Å². The van der Waals surface area contributed by atoms with Gasteiger partial charge in [0.2, 0.25) is 0 Å². The lowest BCUT2D eigenvalue weighted by atomic mass is 9.66. The van der Waals surface area contributed by atoms with Crippen LogP contribution in [-0.2, 0) is 0 Å². The van der Waals surface area contributed by atoms with E-state index in [0.717, 1.165) is 19.5 Å². The lowest BCUT2D eigenvalue weighted by Crippen LogP contribution is -2.42. The first kappa shape index (κ1) is 16.3. The highest BCUT2D eigenvalue weighted by Gasteiger charge is 2.38. The molecule has 2 unspecified atom stereocenters. The molecule has 1 aromatic carbocycles. The third-order valence-electron chi connectivity index (χ3n) is 4.75. The first-order chi connectivity index (χ1) is 9.80. The standard InChI is InChI=1S/C17H24F3N/c1-13-4-6-14(7-5-13)15-12-21-11-10-16(15,2)8-3-9-17(18,19)20/h4-7,15,21H,3,8-12H2,1-2H3. The van der Waals surface area contributed by atoms with Crippen LogP contribution < -0.4 is 5.32 Å². The van der Waals surface area contributed by atoms with Crippen molar-refractivity contribution in [1.82, 2.24) is 5.32 Å². The highest BCUT2D eigenvalue weighted by Crippen LogP contribution is 2.45. The summed E-state index contributed by atoms with van der Waals surface area (Å²) < 4.78 is 37.2. The van der Waals surface area contributed by atoms with Crippen molar-refractivity contribution in [3.8, 4) is 0 Å². The Morgan fingerprint density at radius 2 is 1.90 bits per heavy atom. The van der Waals surface area contributed by atoms with Crippen molar-refractivity contribution in [3.05, 3.63) is 35.4 Å². The van der Waals surface area contributed by atoms with Crippen LogP contribution in [0.2, 0.25) is 0 Å². The van der Waals surface area contributed by atoms with E-state index in [1.165, 1.54) is 11.1 Å². The number of alkyl halides is 3. The number of hydrogen-bond donors (Lipinski definition) is 1. The molecule has 0 amide bonds. The van der Waals surface area contributed by atoms with Gasteiger partial charge in [-0.05, 0) is 43.7 Å². The molecule has 1 saturated heterocycles. The van der Waals surface area contributed by atoms with E-state index >= 15 is 0 Å². The summed E-state index contributed by atoms with van der Waals surface area (Å²) in [4.78, 5) is 0. The molecule has 0 saturated carbocycles. The lowest BCUT2D eigenvalue weighted by Gasteiger charge is -2.42. The highest BCUT2D eigenvalue weighted by molar-refractivity contribution is 5.27. The number of benzene rings is 1. The monoisotopic (exact) mass is 299 g/mol. The van der Waals surface area contributed by atoms with Crippen molar-refractivity contribution in [2.45, 2.75) is 51.6 Å². The third kappa shape index (κ3) is 4.47. The molecular formula is C17H24F3N. The fourth-order valence-electron chi connectivity index (χ4n) is 3.35. The van der Waals surface area contributed by atoms with E-state index in [2.05, 4.69) is 36.5 Å². The molecule has 4 heteroatoms. The summed E-state index contributed by atoms with van der Waals surface area (Å²) in [5.74, 6) is 0.292. The van der Waals surface area contributed by atoms with Crippen molar-refractivity contribution >= 4 is 0 Å². The predicted octanol–water partition coefficient (Wildman–Crippen LogP) is 4.81. The second kappa shape index (κ2) is 6.39.